The second kappa shape index (κ2) is 8.15. The van der Waals surface area contributed by atoms with Crippen LogP contribution in [0, 0.1) is 34.5 Å². The zero-order chi connectivity index (χ0) is 23.7. The molecule has 0 aromatic carbocycles. The molecule has 1 aliphatic heterocycles. The molecule has 4 aliphatic carbocycles. The Kier molecular flexibility index (Phi) is 5.44. The zero-order valence-electron chi connectivity index (χ0n) is 21.5. The number of ether oxygens (including phenoxy) is 1. The third kappa shape index (κ3) is 3.25. The lowest BCUT2D eigenvalue weighted by atomic mass is 9.47. The normalized spacial score (nSPS) is 43.4. The maximum atomic E-state index is 12.7. The van der Waals surface area contributed by atoms with Crippen LogP contribution in [0.2, 0.25) is 0 Å². The molecule has 2 heterocycles. The van der Waals surface area contributed by atoms with Gasteiger partial charge in [-0.2, -0.15) is 0 Å². The van der Waals surface area contributed by atoms with Crippen molar-refractivity contribution in [3.8, 4) is 0 Å². The van der Waals surface area contributed by atoms with Gasteiger partial charge in [-0.05, 0) is 106 Å². The summed E-state index contributed by atoms with van der Waals surface area (Å²) in [6, 6.07) is 2.84. The molecule has 186 valence electrons. The summed E-state index contributed by atoms with van der Waals surface area (Å²) in [6.07, 6.45) is 15.9. The van der Waals surface area contributed by atoms with Crippen molar-refractivity contribution in [3.63, 3.8) is 0 Å². The first-order valence-electron chi connectivity index (χ1n) is 13.6. The van der Waals surface area contributed by atoms with E-state index < -0.39 is 0 Å². The highest BCUT2D eigenvalue weighted by Crippen LogP contribution is 2.68. The highest BCUT2D eigenvalue weighted by molar-refractivity contribution is 5.67. The second-order valence-corrected chi connectivity index (χ2v) is 12.6. The summed E-state index contributed by atoms with van der Waals surface area (Å²) in [7, 11) is 4.27. The maximum absolute atomic E-state index is 12.7. The van der Waals surface area contributed by atoms with Crippen LogP contribution >= 0.6 is 0 Å². The van der Waals surface area contributed by atoms with Gasteiger partial charge in [0.2, 0.25) is 0 Å². The number of likely N-dealkylation sites (tertiary alicyclic amines) is 1. The number of carbonyl (C=O) groups is 1. The Balaban J connectivity index is 1.16. The van der Waals surface area contributed by atoms with E-state index in [9.17, 15) is 4.79 Å². The number of amides is 1. The fourth-order valence-corrected chi connectivity index (χ4v) is 9.54. The fraction of sp³-hybridized carbons (Fsp3) is 0.759. The lowest BCUT2D eigenvalue weighted by Crippen LogP contribution is -2.53. The van der Waals surface area contributed by atoms with Gasteiger partial charge in [0.1, 0.15) is 6.61 Å². The van der Waals surface area contributed by atoms with E-state index in [-0.39, 0.29) is 18.7 Å². The van der Waals surface area contributed by atoms with Crippen molar-refractivity contribution in [1.29, 1.82) is 0 Å². The molecule has 8 atom stereocenters. The number of rotatable bonds is 3. The van der Waals surface area contributed by atoms with E-state index in [1.807, 2.05) is 18.0 Å². The Morgan fingerprint density at radius 2 is 2.03 bits per heavy atom. The standard InChI is InChI=1S/C29H42N2O3/c1-19-24-7-8-26-23-6-5-21-15-22(31(4)27(32)34-17-20-11-14-33-16-20)9-12-28(21,2)25(23)10-13-29(24,26)18-30(19)3/h5,11,14,16,19,22-26H,6-10,12-13,15,17-18H2,1-4H3/t19-,22-,23+,24+,25-,26-,28-,29?/m0/s1. The van der Waals surface area contributed by atoms with Crippen LogP contribution in [0.1, 0.15) is 70.8 Å². The molecular formula is C29H42N2O3. The van der Waals surface area contributed by atoms with Crippen LogP contribution in [0.3, 0.4) is 0 Å². The summed E-state index contributed by atoms with van der Waals surface area (Å²) in [5.41, 5.74) is 3.43. The van der Waals surface area contributed by atoms with Crippen molar-refractivity contribution in [1.82, 2.24) is 9.80 Å². The highest BCUT2D eigenvalue weighted by Gasteiger charge is 2.64. The molecule has 0 N–H and O–H groups in total. The van der Waals surface area contributed by atoms with E-state index in [2.05, 4.69) is 31.9 Å². The maximum Gasteiger partial charge on any atom is 0.410 e. The van der Waals surface area contributed by atoms with Gasteiger partial charge in [-0.1, -0.05) is 18.6 Å². The Morgan fingerprint density at radius 1 is 1.21 bits per heavy atom. The Morgan fingerprint density at radius 3 is 2.82 bits per heavy atom. The Hall–Kier alpha value is -1.75. The van der Waals surface area contributed by atoms with Crippen LogP contribution in [0.25, 0.3) is 0 Å². The molecule has 1 aromatic heterocycles. The summed E-state index contributed by atoms with van der Waals surface area (Å²) in [4.78, 5) is 17.2. The molecule has 0 radical (unpaired) electrons. The Bertz CT molecular complexity index is 957. The monoisotopic (exact) mass is 466 g/mol. The van der Waals surface area contributed by atoms with Gasteiger partial charge in [-0.15, -0.1) is 0 Å². The number of furan rings is 1. The fourth-order valence-electron chi connectivity index (χ4n) is 9.54. The smallest absolute Gasteiger partial charge is 0.410 e. The van der Waals surface area contributed by atoms with Crippen LogP contribution in [-0.4, -0.2) is 48.6 Å². The second-order valence-electron chi connectivity index (χ2n) is 12.6. The van der Waals surface area contributed by atoms with Gasteiger partial charge in [-0.25, -0.2) is 4.79 Å². The molecule has 1 unspecified atom stereocenters. The summed E-state index contributed by atoms with van der Waals surface area (Å²) in [5, 5.41) is 0. The minimum Gasteiger partial charge on any atom is -0.472 e. The quantitative estimate of drug-likeness (QED) is 0.504. The van der Waals surface area contributed by atoms with Gasteiger partial charge in [0, 0.05) is 31.2 Å². The topological polar surface area (TPSA) is 45.9 Å². The summed E-state index contributed by atoms with van der Waals surface area (Å²) >= 11 is 0. The van der Waals surface area contributed by atoms with Crippen LogP contribution in [0.15, 0.2) is 34.7 Å². The molecule has 4 fully saturated rings. The predicted molar refractivity (Wildman–Crippen MR) is 132 cm³/mol. The van der Waals surface area contributed by atoms with Crippen molar-refractivity contribution in [2.75, 3.05) is 20.6 Å². The van der Waals surface area contributed by atoms with Crippen molar-refractivity contribution >= 4 is 6.09 Å². The van der Waals surface area contributed by atoms with Gasteiger partial charge in [0.15, 0.2) is 0 Å². The molecular weight excluding hydrogens is 424 g/mol. The van der Waals surface area contributed by atoms with Crippen LogP contribution in [0.4, 0.5) is 4.79 Å². The molecule has 6 rings (SSSR count). The summed E-state index contributed by atoms with van der Waals surface area (Å²) < 4.78 is 10.6. The first-order valence-corrected chi connectivity index (χ1v) is 13.6. The summed E-state index contributed by atoms with van der Waals surface area (Å²) in [6.45, 7) is 6.64. The van der Waals surface area contributed by atoms with Gasteiger partial charge in [0.05, 0.1) is 12.5 Å². The van der Waals surface area contributed by atoms with E-state index in [0.717, 1.165) is 48.1 Å². The lowest BCUT2D eigenvalue weighted by molar-refractivity contribution is -0.0435. The van der Waals surface area contributed by atoms with Crippen molar-refractivity contribution in [2.45, 2.75) is 83.9 Å². The number of fused-ring (bicyclic) bond motifs is 4. The van der Waals surface area contributed by atoms with Crippen molar-refractivity contribution < 1.29 is 13.9 Å². The van der Waals surface area contributed by atoms with Gasteiger partial charge in [-0.3, -0.25) is 0 Å². The first-order chi connectivity index (χ1) is 16.3. The summed E-state index contributed by atoms with van der Waals surface area (Å²) in [5.74, 6) is 3.51. The Labute approximate surface area is 204 Å². The van der Waals surface area contributed by atoms with E-state index in [0.29, 0.717) is 10.8 Å². The number of allylic oxidation sites excluding steroid dienone is 1. The van der Waals surface area contributed by atoms with Gasteiger partial charge in [0.25, 0.3) is 0 Å². The van der Waals surface area contributed by atoms with Crippen LogP contribution < -0.4 is 0 Å². The van der Waals surface area contributed by atoms with E-state index in [1.165, 1.54) is 45.1 Å². The zero-order valence-corrected chi connectivity index (χ0v) is 21.5. The molecule has 5 heteroatoms. The third-order valence-electron chi connectivity index (χ3n) is 11.5. The van der Waals surface area contributed by atoms with Crippen molar-refractivity contribution in [2.24, 2.45) is 34.5 Å². The predicted octanol–water partition coefficient (Wildman–Crippen LogP) is 6.11. The largest absolute Gasteiger partial charge is 0.472 e. The third-order valence-corrected chi connectivity index (χ3v) is 11.5. The minimum absolute atomic E-state index is 0.222. The van der Waals surface area contributed by atoms with Gasteiger partial charge < -0.3 is 19.0 Å². The molecule has 3 saturated carbocycles. The molecule has 34 heavy (non-hydrogen) atoms. The van der Waals surface area contributed by atoms with E-state index >= 15 is 0 Å². The number of carbonyl (C=O) groups excluding carboxylic acids is 1. The minimum atomic E-state index is -0.222. The lowest BCUT2D eigenvalue weighted by Gasteiger charge is -2.58. The highest BCUT2D eigenvalue weighted by atomic mass is 16.6. The number of hydrogen-bond acceptors (Lipinski definition) is 4. The average Bonchev–Trinajstić information content (AvgIpc) is 3.53. The molecule has 1 saturated heterocycles. The SMILES string of the molecule is C[C@H]1[C@H]2CC[C@H]3[C@@H]4CC=C5C[C@@H](N(C)C(=O)OCc6ccoc6)CC[C@]5(C)[C@H]4CCC23CN1C. The van der Waals surface area contributed by atoms with E-state index in [4.69, 9.17) is 9.15 Å². The van der Waals surface area contributed by atoms with Crippen molar-refractivity contribution in [3.05, 3.63) is 35.8 Å². The van der Waals surface area contributed by atoms with Crippen LogP contribution in [-0.2, 0) is 11.3 Å². The molecule has 1 spiro atoms. The molecule has 0 bridgehead atoms. The van der Waals surface area contributed by atoms with Crippen LogP contribution in [0.5, 0.6) is 0 Å². The van der Waals surface area contributed by atoms with Gasteiger partial charge >= 0.3 is 6.09 Å². The first kappa shape index (κ1) is 22.7. The molecule has 1 aromatic rings. The number of hydrogen-bond donors (Lipinski definition) is 0. The molecule has 5 nitrogen and oxygen atoms in total. The number of nitrogens with zero attached hydrogens (tertiary/aromatic N) is 2. The van der Waals surface area contributed by atoms with E-state index in [1.54, 1.807) is 18.1 Å². The molecule has 1 amide bonds. The molecule has 5 aliphatic rings. The average molecular weight is 467 g/mol.